The molecule has 4 aromatic carbocycles. The van der Waals surface area contributed by atoms with Crippen LogP contribution in [0.5, 0.6) is 34.5 Å². The lowest BCUT2D eigenvalue weighted by atomic mass is 9.95. The number of aromatic nitrogens is 2. The molecule has 3 N–H and O–H groups in total. The van der Waals surface area contributed by atoms with Crippen molar-refractivity contribution in [1.29, 1.82) is 0 Å². The Hall–Kier alpha value is -4.15. The maximum absolute atomic E-state index is 13.3. The number of ether oxygens (including phenoxy) is 6. The van der Waals surface area contributed by atoms with Crippen molar-refractivity contribution in [3.8, 4) is 56.8 Å². The first-order chi connectivity index (χ1) is 38.0. The van der Waals surface area contributed by atoms with Gasteiger partial charge in [0, 0.05) is 16.5 Å². The van der Waals surface area contributed by atoms with Gasteiger partial charge < -0.3 is 44.2 Å². The van der Waals surface area contributed by atoms with Crippen LogP contribution >= 0.6 is 113 Å². The van der Waals surface area contributed by atoms with Crippen LogP contribution in [-0.2, 0) is 24.8 Å². The molecule has 422 valence electrons. The molecule has 79 heavy (non-hydrogen) atoms. The highest BCUT2D eigenvalue weighted by molar-refractivity contribution is 9.93. The summed E-state index contributed by atoms with van der Waals surface area (Å²) in [6.07, 6.45) is 6.02. The van der Waals surface area contributed by atoms with E-state index in [1.54, 1.807) is 91.2 Å². The van der Waals surface area contributed by atoms with Gasteiger partial charge in [-0.1, -0.05) is 40.2 Å². The molecule has 2 atom stereocenters. The number of hydrogen-bond acceptors (Lipinski definition) is 15. The number of hydrogen-bond donors (Lipinski definition) is 3. The van der Waals surface area contributed by atoms with Gasteiger partial charge in [0.2, 0.25) is 11.5 Å². The maximum atomic E-state index is 13.3. The maximum Gasteiger partial charge on any atom is 0.270 e. The van der Waals surface area contributed by atoms with E-state index in [2.05, 4.69) is 83.0 Å². The molecule has 6 aromatic rings. The molecule has 0 aliphatic heterocycles. The second kappa shape index (κ2) is 32.5. The summed E-state index contributed by atoms with van der Waals surface area (Å²) in [5.74, 6) is 2.36. The number of thioether (sulfide) groups is 2. The molecule has 0 bridgehead atoms. The largest absolute Gasteiger partial charge is 0.493 e. The van der Waals surface area contributed by atoms with Crippen molar-refractivity contribution in [1.82, 2.24) is 20.6 Å². The van der Waals surface area contributed by atoms with Gasteiger partial charge in [-0.3, -0.25) is 19.2 Å². The first-order valence-corrected chi connectivity index (χ1v) is 35.8. The molecule has 0 spiro atoms. The molecule has 15 nitrogen and oxygen atoms in total. The molecular formula is C55H57Br4Cl2N4O11PS2. The van der Waals surface area contributed by atoms with Crippen LogP contribution in [0.15, 0.2) is 104 Å². The van der Waals surface area contributed by atoms with E-state index < -0.39 is 18.0 Å². The Kier molecular flexibility index (Phi) is 27.0. The predicted molar refractivity (Wildman–Crippen MR) is 334 cm³/mol. The summed E-state index contributed by atoms with van der Waals surface area (Å²) in [5, 5.41) is 16.3. The van der Waals surface area contributed by atoms with Crippen molar-refractivity contribution in [2.75, 3.05) is 60.5 Å². The van der Waals surface area contributed by atoms with Gasteiger partial charge in [0.25, 0.3) is 11.8 Å². The monoisotopic (exact) mass is 1430 g/mol. The van der Waals surface area contributed by atoms with Gasteiger partial charge in [-0.05, 0) is 179 Å². The van der Waals surface area contributed by atoms with Gasteiger partial charge in [0.05, 0.1) is 87.9 Å². The lowest BCUT2D eigenvalue weighted by Crippen LogP contribution is -2.30. The fraction of sp³-hybridized carbons (Fsp3) is 0.309. The molecule has 0 saturated heterocycles. The normalized spacial score (nSPS) is 13.6. The fourth-order valence-corrected chi connectivity index (χ4v) is 10.3. The van der Waals surface area contributed by atoms with Crippen LogP contribution in [0.4, 0.5) is 0 Å². The summed E-state index contributed by atoms with van der Waals surface area (Å²) >= 11 is 25.2. The topological polar surface area (TPSA) is 194 Å². The van der Waals surface area contributed by atoms with Crippen LogP contribution in [-0.4, -0.2) is 87.4 Å². The Morgan fingerprint density at radius 1 is 0.620 bits per heavy atom. The van der Waals surface area contributed by atoms with Gasteiger partial charge in [-0.2, -0.15) is 0 Å². The van der Waals surface area contributed by atoms with E-state index in [0.29, 0.717) is 92.3 Å². The zero-order valence-corrected chi connectivity index (χ0v) is 54.5. The number of carbonyl (C=O) groups is 2. The summed E-state index contributed by atoms with van der Waals surface area (Å²) in [6.45, 7) is -0.265. The molecule has 0 radical (unpaired) electrons. The number of pyridine rings is 2. The zero-order valence-electron chi connectivity index (χ0n) is 44.1. The second-order valence-electron chi connectivity index (χ2n) is 16.7. The number of amides is 2. The predicted octanol–water partition coefficient (Wildman–Crippen LogP) is 13.8. The number of methoxy groups -OCH3 is 6. The number of aryl methyl sites for hydroxylation is 2. The summed E-state index contributed by atoms with van der Waals surface area (Å²) < 4.78 is 33.9. The summed E-state index contributed by atoms with van der Waals surface area (Å²) in [5.41, 5.74) is 7.94. The molecule has 0 unspecified atom stereocenters. The van der Waals surface area contributed by atoms with Crippen LogP contribution < -0.4 is 49.9 Å². The summed E-state index contributed by atoms with van der Waals surface area (Å²) in [4.78, 5) is 62.4. The van der Waals surface area contributed by atoms with Crippen molar-refractivity contribution in [3.05, 3.63) is 150 Å². The Balaban J connectivity index is 0.000000260. The van der Waals surface area contributed by atoms with Gasteiger partial charge in [-0.15, -0.1) is 46.7 Å². The van der Waals surface area contributed by atoms with Crippen molar-refractivity contribution >= 4 is 125 Å². The SMILES string of the molecule is BrP(Br)Br.COc1cc2c(c(OC)c1OC)-c1ccc(SC)c(=O)cc1[C@@H](NC(=O)c1cccc(CBr)n1)CC2.COc1cc2c(c(OC)c1OC)-c1ccc(SC)c(=O)cc1[C@@H](NC(=O)c1cccc(CO)n1)CC2.ClCCl. The Bertz CT molecular complexity index is 3040. The van der Waals surface area contributed by atoms with Crippen molar-refractivity contribution in [3.63, 3.8) is 0 Å². The van der Waals surface area contributed by atoms with Crippen LogP contribution in [0.2, 0.25) is 0 Å². The number of nitrogens with zero attached hydrogens (tertiary/aromatic N) is 2. The van der Waals surface area contributed by atoms with Crippen LogP contribution in [0.3, 0.4) is 0 Å². The number of alkyl halides is 3. The lowest BCUT2D eigenvalue weighted by molar-refractivity contribution is 0.0921. The minimum atomic E-state index is -0.476. The molecule has 2 heterocycles. The number of fused-ring (bicyclic) bond motifs is 6. The van der Waals surface area contributed by atoms with Crippen LogP contribution in [0.25, 0.3) is 22.3 Å². The number of aliphatic hydroxyl groups is 1. The molecule has 0 fully saturated rings. The van der Waals surface area contributed by atoms with Gasteiger partial charge in [-0.25, -0.2) is 9.97 Å². The molecule has 24 heteroatoms. The molecule has 2 amide bonds. The molecule has 2 aromatic heterocycles. The fourth-order valence-electron chi connectivity index (χ4n) is 9.07. The van der Waals surface area contributed by atoms with E-state index in [1.807, 2.05) is 48.9 Å². The molecule has 2 aliphatic rings. The highest BCUT2D eigenvalue weighted by Gasteiger charge is 2.32. The number of nitrogens with one attached hydrogen (secondary N) is 2. The third-order valence-corrected chi connectivity index (χ3v) is 14.6. The average Bonchev–Trinajstić information content (AvgIpc) is 4.10. The van der Waals surface area contributed by atoms with Gasteiger partial charge in [0.1, 0.15) is 15.4 Å². The van der Waals surface area contributed by atoms with Gasteiger partial charge in [0.15, 0.2) is 33.9 Å². The highest BCUT2D eigenvalue weighted by atomic mass is 80.0. The minimum absolute atomic E-state index is 0.106. The highest BCUT2D eigenvalue weighted by Crippen LogP contribution is 2.59. The van der Waals surface area contributed by atoms with E-state index in [-0.39, 0.29) is 38.4 Å². The Labute approximate surface area is 511 Å². The smallest absolute Gasteiger partial charge is 0.270 e. The number of aliphatic hydroxyl groups excluding tert-OH is 1. The first-order valence-electron chi connectivity index (χ1n) is 23.7. The quantitative estimate of drug-likeness (QED) is 0.0529. The van der Waals surface area contributed by atoms with Crippen molar-refractivity contribution in [2.24, 2.45) is 0 Å². The van der Waals surface area contributed by atoms with Crippen LogP contribution in [0.1, 0.15) is 79.5 Å². The summed E-state index contributed by atoms with van der Waals surface area (Å²) in [6, 6.07) is 23.8. The number of halogens is 6. The molecule has 8 rings (SSSR count). The third kappa shape index (κ3) is 16.5. The number of benzene rings is 2. The second-order valence-corrected chi connectivity index (χ2v) is 35.1. The average molecular weight is 1440 g/mol. The Morgan fingerprint density at radius 3 is 1.34 bits per heavy atom. The molecule has 0 saturated carbocycles. The standard InChI is InChI=1S/C27H27BrN2O5S.C27H28N2O6S.CH2Cl2.Br3P/c1-33-22-12-15-8-10-19(30-27(32)20-7-5-6-16(14-28)29-20)18-13-21(31)23(36-4)11-9-17(18)24(15)26(35-3)25(22)34-2;1-33-22-12-15-8-10-19(29-27(32)20-7-5-6-16(14-30)28-20)18-13-21(31)23(36-4)11-9-17(18)24(15)26(35-3)25(22)34-2;2-1-3;1-4(2)3/h5-7,9,11-13,19H,8,10,14H2,1-4H3,(H,30,32);5-7,9,11-13,19,30H,8,10,14H2,1-4H3,(H,29,32);1H2;/t2*19-;;/m00../s1. The molecule has 2 aliphatic carbocycles. The number of rotatable bonds is 14. The van der Waals surface area contributed by atoms with E-state index in [1.165, 1.54) is 23.5 Å². The minimum Gasteiger partial charge on any atom is -0.493 e. The van der Waals surface area contributed by atoms with Crippen LogP contribution in [0, 0.1) is 0 Å². The van der Waals surface area contributed by atoms with E-state index in [4.69, 9.17) is 51.6 Å². The van der Waals surface area contributed by atoms with E-state index in [9.17, 15) is 24.3 Å². The van der Waals surface area contributed by atoms with E-state index >= 15 is 0 Å². The third-order valence-electron chi connectivity index (χ3n) is 12.4. The van der Waals surface area contributed by atoms with E-state index in [0.717, 1.165) is 44.6 Å². The van der Waals surface area contributed by atoms with Crippen molar-refractivity contribution < 1.29 is 43.1 Å². The summed E-state index contributed by atoms with van der Waals surface area (Å²) in [7, 11) is 9.41. The zero-order chi connectivity index (χ0) is 57.9. The van der Waals surface area contributed by atoms with Crippen molar-refractivity contribution in [2.45, 2.75) is 59.5 Å². The first kappa shape index (κ1) is 65.7. The van der Waals surface area contributed by atoms with Gasteiger partial charge >= 0.3 is 0 Å². The number of carbonyl (C=O) groups excluding carboxylic acids is 2. The Morgan fingerprint density at radius 2 is 1.00 bits per heavy atom. The molecular weight excluding hydrogens is 1380 g/mol. The lowest BCUT2D eigenvalue weighted by Gasteiger charge is -2.20.